The van der Waals surface area contributed by atoms with Gasteiger partial charge in [-0.15, -0.1) is 0 Å². The van der Waals surface area contributed by atoms with E-state index in [9.17, 15) is 4.79 Å². The monoisotopic (exact) mass is 341 g/mol. The number of amides is 1. The third-order valence-electron chi connectivity index (χ3n) is 4.82. The quantitative estimate of drug-likeness (QED) is 0.794. The number of carbonyl (C=O) groups is 1. The molecule has 4 nitrogen and oxygen atoms in total. The molecule has 0 saturated heterocycles. The van der Waals surface area contributed by atoms with Crippen LogP contribution in [0.2, 0.25) is 0 Å². The first-order valence-corrected chi connectivity index (χ1v) is 8.48. The van der Waals surface area contributed by atoms with E-state index in [1.165, 1.54) is 4.90 Å². The normalized spacial score (nSPS) is 19.5. The van der Waals surface area contributed by atoms with Gasteiger partial charge in [-0.05, 0) is 28.3 Å². The molecular weight excluding hydrogens is 322 g/mol. The van der Waals surface area contributed by atoms with Crippen LogP contribution in [0.15, 0.2) is 89.9 Å². The van der Waals surface area contributed by atoms with E-state index in [1.54, 1.807) is 7.05 Å². The fourth-order valence-electron chi connectivity index (χ4n) is 3.42. The Hall–Kier alpha value is -3.40. The average Bonchev–Trinajstić information content (AvgIpc) is 2.94. The molecule has 3 aromatic rings. The highest BCUT2D eigenvalue weighted by Gasteiger charge is 2.49. The van der Waals surface area contributed by atoms with Gasteiger partial charge in [-0.25, -0.2) is 4.99 Å². The molecule has 4 rings (SSSR count). The van der Waals surface area contributed by atoms with Gasteiger partial charge in [0.15, 0.2) is 11.5 Å². The molecule has 1 heterocycles. The molecule has 0 saturated carbocycles. The Labute approximate surface area is 152 Å². The number of hydrogen-bond donors (Lipinski definition) is 1. The van der Waals surface area contributed by atoms with Crippen molar-refractivity contribution < 1.29 is 4.79 Å². The zero-order valence-corrected chi connectivity index (χ0v) is 14.5. The minimum Gasteiger partial charge on any atom is -0.369 e. The fraction of sp³-hybridized carbons (Fsp3) is 0.0909. The van der Waals surface area contributed by atoms with Crippen LogP contribution >= 0.6 is 0 Å². The summed E-state index contributed by atoms with van der Waals surface area (Å²) in [6.07, 6.45) is 0. The number of rotatable bonds is 3. The van der Waals surface area contributed by atoms with Crippen molar-refractivity contribution in [3.63, 3.8) is 0 Å². The molecule has 0 bridgehead atoms. The van der Waals surface area contributed by atoms with E-state index < -0.39 is 5.54 Å². The minimum absolute atomic E-state index is 0.147. The Morgan fingerprint density at radius 2 is 1.38 bits per heavy atom. The van der Waals surface area contributed by atoms with E-state index >= 15 is 0 Å². The first kappa shape index (κ1) is 16.1. The summed E-state index contributed by atoms with van der Waals surface area (Å²) in [6.45, 7) is 0. The molecule has 0 spiro atoms. The van der Waals surface area contributed by atoms with Crippen LogP contribution in [0.5, 0.6) is 0 Å². The number of benzene rings is 3. The maximum Gasteiger partial charge on any atom is 0.266 e. The van der Waals surface area contributed by atoms with Crippen molar-refractivity contribution in [2.45, 2.75) is 5.54 Å². The smallest absolute Gasteiger partial charge is 0.266 e. The van der Waals surface area contributed by atoms with E-state index in [4.69, 9.17) is 5.73 Å². The molecule has 4 heteroatoms. The lowest BCUT2D eigenvalue weighted by molar-refractivity contribution is -0.129. The first-order valence-electron chi connectivity index (χ1n) is 8.48. The number of hydrogen-bond acceptors (Lipinski definition) is 3. The third-order valence-corrected chi connectivity index (χ3v) is 4.82. The van der Waals surface area contributed by atoms with Gasteiger partial charge in [0.1, 0.15) is 0 Å². The lowest BCUT2D eigenvalue weighted by Crippen LogP contribution is -2.41. The summed E-state index contributed by atoms with van der Waals surface area (Å²) in [6, 6.07) is 27.6. The van der Waals surface area contributed by atoms with Crippen LogP contribution in [0, 0.1) is 0 Å². The highest BCUT2D eigenvalue weighted by Crippen LogP contribution is 2.40. The molecule has 1 aliphatic heterocycles. The lowest BCUT2D eigenvalue weighted by atomic mass is 9.82. The van der Waals surface area contributed by atoms with Crippen molar-refractivity contribution in [2.75, 3.05) is 7.05 Å². The van der Waals surface area contributed by atoms with Crippen LogP contribution in [0.4, 0.5) is 0 Å². The van der Waals surface area contributed by atoms with Gasteiger partial charge in [-0.2, -0.15) is 0 Å². The van der Waals surface area contributed by atoms with Crippen molar-refractivity contribution in [2.24, 2.45) is 10.7 Å². The maximum absolute atomic E-state index is 13.2. The maximum atomic E-state index is 13.2. The predicted molar refractivity (Wildman–Crippen MR) is 103 cm³/mol. The highest BCUT2D eigenvalue weighted by atomic mass is 16.2. The standard InChI is InChI=1S/C22H19N3O/c1-25-20(26)22(24-21(25)23,18-12-6-3-7-13-18)19-14-8-11-17(15-19)16-9-4-2-5-10-16/h2-15H,1H3,(H2,23,24)/t22-/m1/s1. The van der Waals surface area contributed by atoms with Gasteiger partial charge in [0.2, 0.25) is 0 Å². The number of nitrogens with zero attached hydrogens (tertiary/aromatic N) is 2. The van der Waals surface area contributed by atoms with Gasteiger partial charge in [0.05, 0.1) is 0 Å². The van der Waals surface area contributed by atoms with E-state index in [2.05, 4.69) is 17.1 Å². The Kier molecular flexibility index (Phi) is 3.81. The number of guanidine groups is 1. The molecule has 0 aliphatic carbocycles. The second kappa shape index (κ2) is 6.15. The van der Waals surface area contributed by atoms with E-state index in [-0.39, 0.29) is 11.9 Å². The summed E-state index contributed by atoms with van der Waals surface area (Å²) in [5.74, 6) is 0.0791. The Morgan fingerprint density at radius 1 is 0.808 bits per heavy atom. The second-order valence-electron chi connectivity index (χ2n) is 6.36. The van der Waals surface area contributed by atoms with Crippen LogP contribution in [0.3, 0.4) is 0 Å². The van der Waals surface area contributed by atoms with Gasteiger partial charge in [0.25, 0.3) is 5.91 Å². The predicted octanol–water partition coefficient (Wildman–Crippen LogP) is 3.38. The number of nitrogens with two attached hydrogens (primary N) is 1. The van der Waals surface area contributed by atoms with Crippen molar-refractivity contribution in [1.82, 2.24) is 4.90 Å². The van der Waals surface area contributed by atoms with Gasteiger partial charge in [0, 0.05) is 7.05 Å². The van der Waals surface area contributed by atoms with E-state index in [1.807, 2.05) is 72.8 Å². The molecule has 0 aromatic heterocycles. The number of carbonyl (C=O) groups excluding carboxylic acids is 1. The molecule has 0 fully saturated rings. The third kappa shape index (κ3) is 2.39. The molecule has 0 radical (unpaired) electrons. The van der Waals surface area contributed by atoms with Gasteiger partial charge in [-0.1, -0.05) is 78.9 Å². The molecule has 1 atom stereocenters. The van der Waals surface area contributed by atoms with E-state index in [0.29, 0.717) is 0 Å². The van der Waals surface area contributed by atoms with Crippen LogP contribution in [0.25, 0.3) is 11.1 Å². The number of aliphatic imine (C=N–C) groups is 1. The largest absolute Gasteiger partial charge is 0.369 e. The van der Waals surface area contributed by atoms with Crippen molar-refractivity contribution in [1.29, 1.82) is 0 Å². The molecule has 1 aliphatic rings. The summed E-state index contributed by atoms with van der Waals surface area (Å²) >= 11 is 0. The fourth-order valence-corrected chi connectivity index (χ4v) is 3.42. The number of likely N-dealkylation sites (N-methyl/N-ethyl adjacent to an activating group) is 1. The highest BCUT2D eigenvalue weighted by molar-refractivity contribution is 6.09. The first-order chi connectivity index (χ1) is 12.6. The Balaban J connectivity index is 1.94. The summed E-state index contributed by atoms with van der Waals surface area (Å²) in [7, 11) is 1.66. The van der Waals surface area contributed by atoms with E-state index in [0.717, 1.165) is 22.3 Å². The zero-order valence-electron chi connectivity index (χ0n) is 14.5. The van der Waals surface area contributed by atoms with Gasteiger partial charge in [-0.3, -0.25) is 9.69 Å². The van der Waals surface area contributed by atoms with Gasteiger partial charge < -0.3 is 5.73 Å². The van der Waals surface area contributed by atoms with Crippen molar-refractivity contribution >= 4 is 11.9 Å². The average molecular weight is 341 g/mol. The lowest BCUT2D eigenvalue weighted by Gasteiger charge is -2.26. The molecule has 3 aromatic carbocycles. The molecule has 26 heavy (non-hydrogen) atoms. The topological polar surface area (TPSA) is 58.7 Å². The molecule has 1 amide bonds. The van der Waals surface area contributed by atoms with Gasteiger partial charge >= 0.3 is 0 Å². The van der Waals surface area contributed by atoms with Crippen LogP contribution < -0.4 is 5.73 Å². The molecule has 128 valence electrons. The summed E-state index contributed by atoms with van der Waals surface area (Å²) < 4.78 is 0. The van der Waals surface area contributed by atoms with Crippen molar-refractivity contribution in [3.05, 3.63) is 96.1 Å². The molecule has 0 unspecified atom stereocenters. The van der Waals surface area contributed by atoms with Crippen LogP contribution in [-0.4, -0.2) is 23.8 Å². The second-order valence-corrected chi connectivity index (χ2v) is 6.36. The zero-order chi connectivity index (χ0) is 18.1. The summed E-state index contributed by atoms with van der Waals surface area (Å²) in [4.78, 5) is 19.3. The SMILES string of the molecule is CN1C(=O)[C@@](c2ccccc2)(c2cccc(-c3ccccc3)c2)N=C1N. The minimum atomic E-state index is -1.15. The van der Waals surface area contributed by atoms with Crippen LogP contribution in [0.1, 0.15) is 11.1 Å². The van der Waals surface area contributed by atoms with Crippen molar-refractivity contribution in [3.8, 4) is 11.1 Å². The summed E-state index contributed by atoms with van der Waals surface area (Å²) in [5, 5.41) is 0. The molecular formula is C22H19N3O. The molecule has 2 N–H and O–H groups in total. The van der Waals surface area contributed by atoms with Crippen LogP contribution in [-0.2, 0) is 10.3 Å². The Bertz CT molecular complexity index is 983. The summed E-state index contributed by atoms with van der Waals surface area (Å²) in [5.41, 5.74) is 8.62. The Morgan fingerprint density at radius 3 is 2.00 bits per heavy atom.